The first-order valence-corrected chi connectivity index (χ1v) is 6.30. The van der Waals surface area contributed by atoms with E-state index in [1.807, 2.05) is 0 Å². The highest BCUT2D eigenvalue weighted by Crippen LogP contribution is 2.23. The van der Waals surface area contributed by atoms with E-state index in [9.17, 15) is 9.59 Å². The molecule has 2 aliphatic rings. The van der Waals surface area contributed by atoms with Gasteiger partial charge in [0.1, 0.15) is 6.04 Å². The van der Waals surface area contributed by atoms with Gasteiger partial charge < -0.3 is 15.0 Å². The predicted octanol–water partition coefficient (Wildman–Crippen LogP) is 0.150. The third-order valence-corrected chi connectivity index (χ3v) is 3.72. The second-order valence-electron chi connectivity index (χ2n) is 4.82. The third kappa shape index (κ3) is 2.77. The van der Waals surface area contributed by atoms with Crippen molar-refractivity contribution >= 4 is 11.9 Å². The van der Waals surface area contributed by atoms with Crippen LogP contribution in [0.25, 0.3) is 0 Å². The van der Waals surface area contributed by atoms with Crippen molar-refractivity contribution in [1.29, 1.82) is 0 Å². The molecule has 17 heavy (non-hydrogen) atoms. The molecule has 1 atom stereocenters. The zero-order valence-electron chi connectivity index (χ0n) is 10.3. The van der Waals surface area contributed by atoms with Crippen molar-refractivity contribution in [1.82, 2.24) is 10.2 Å². The van der Waals surface area contributed by atoms with Crippen molar-refractivity contribution in [2.24, 2.45) is 5.92 Å². The molecule has 2 aliphatic heterocycles. The quantitative estimate of drug-likeness (QED) is 0.713. The van der Waals surface area contributed by atoms with Gasteiger partial charge in [0, 0.05) is 13.0 Å². The second kappa shape index (κ2) is 5.49. The molecule has 5 heteroatoms. The minimum atomic E-state index is -0.345. The lowest BCUT2D eigenvalue weighted by Gasteiger charge is -2.30. The van der Waals surface area contributed by atoms with Crippen molar-refractivity contribution in [2.45, 2.75) is 31.7 Å². The Kier molecular flexibility index (Phi) is 3.99. The van der Waals surface area contributed by atoms with Gasteiger partial charge in [0.05, 0.1) is 7.11 Å². The summed E-state index contributed by atoms with van der Waals surface area (Å²) in [7, 11) is 1.38. The summed E-state index contributed by atoms with van der Waals surface area (Å²) in [5, 5.41) is 3.30. The molecule has 1 unspecified atom stereocenters. The van der Waals surface area contributed by atoms with Crippen LogP contribution in [0.3, 0.4) is 0 Å². The van der Waals surface area contributed by atoms with Crippen molar-refractivity contribution in [2.75, 3.05) is 26.7 Å². The fourth-order valence-electron chi connectivity index (χ4n) is 2.69. The minimum absolute atomic E-state index is 0.0962. The van der Waals surface area contributed by atoms with E-state index in [1.165, 1.54) is 7.11 Å². The second-order valence-corrected chi connectivity index (χ2v) is 4.82. The van der Waals surface area contributed by atoms with Crippen molar-refractivity contribution in [3.8, 4) is 0 Å². The molecule has 5 nitrogen and oxygen atoms in total. The predicted molar refractivity (Wildman–Crippen MR) is 62.3 cm³/mol. The molecule has 0 aromatic heterocycles. The number of hydrogen-bond acceptors (Lipinski definition) is 4. The van der Waals surface area contributed by atoms with Gasteiger partial charge in [0.15, 0.2) is 0 Å². The van der Waals surface area contributed by atoms with E-state index < -0.39 is 0 Å². The van der Waals surface area contributed by atoms with Gasteiger partial charge in [-0.15, -0.1) is 0 Å². The lowest BCUT2D eigenvalue weighted by molar-refractivity contribution is -0.149. The zero-order valence-corrected chi connectivity index (χ0v) is 10.3. The first-order valence-electron chi connectivity index (χ1n) is 6.30. The van der Waals surface area contributed by atoms with Crippen LogP contribution in [0.5, 0.6) is 0 Å². The molecule has 2 rings (SSSR count). The van der Waals surface area contributed by atoms with Gasteiger partial charge in [-0.1, -0.05) is 0 Å². The number of ether oxygens (including phenoxy) is 1. The molecule has 1 amide bonds. The molecule has 0 spiro atoms. The summed E-state index contributed by atoms with van der Waals surface area (Å²) < 4.78 is 4.76. The van der Waals surface area contributed by atoms with Crippen LogP contribution >= 0.6 is 0 Å². The highest BCUT2D eigenvalue weighted by molar-refractivity contribution is 5.88. The zero-order chi connectivity index (χ0) is 12.3. The van der Waals surface area contributed by atoms with E-state index in [2.05, 4.69) is 5.32 Å². The summed E-state index contributed by atoms with van der Waals surface area (Å²) >= 11 is 0. The smallest absolute Gasteiger partial charge is 0.328 e. The highest BCUT2D eigenvalue weighted by atomic mass is 16.5. The lowest BCUT2D eigenvalue weighted by atomic mass is 9.97. The maximum Gasteiger partial charge on any atom is 0.328 e. The topological polar surface area (TPSA) is 58.6 Å². The van der Waals surface area contributed by atoms with E-state index in [-0.39, 0.29) is 17.9 Å². The Morgan fingerprint density at radius 1 is 1.41 bits per heavy atom. The number of esters is 1. The summed E-state index contributed by atoms with van der Waals surface area (Å²) in [5.41, 5.74) is 0. The average molecular weight is 240 g/mol. The lowest BCUT2D eigenvalue weighted by Crippen LogP contribution is -2.44. The summed E-state index contributed by atoms with van der Waals surface area (Å²) in [6.07, 6.45) is 3.25. The average Bonchev–Trinajstić information content (AvgIpc) is 2.72. The molecule has 0 bridgehead atoms. The van der Waals surface area contributed by atoms with E-state index in [0.717, 1.165) is 25.9 Å². The van der Waals surface area contributed by atoms with Crippen LogP contribution in [-0.2, 0) is 14.3 Å². The Labute approximate surface area is 101 Å². The summed E-state index contributed by atoms with van der Waals surface area (Å²) in [6.45, 7) is 2.73. The highest BCUT2D eigenvalue weighted by Gasteiger charge is 2.37. The molecular weight excluding hydrogens is 220 g/mol. The standard InChI is InChI=1S/C12H20N2O3/c1-17-12(16)10-2-3-11(15)14(10)8-9-4-6-13-7-5-9/h9-10,13H,2-8H2,1H3. The van der Waals surface area contributed by atoms with Crippen LogP contribution in [0.4, 0.5) is 0 Å². The number of piperidine rings is 1. The maximum absolute atomic E-state index is 11.8. The Morgan fingerprint density at radius 3 is 2.76 bits per heavy atom. The maximum atomic E-state index is 11.8. The van der Waals surface area contributed by atoms with Gasteiger partial charge in [-0.05, 0) is 38.3 Å². The number of rotatable bonds is 3. The number of amides is 1. The molecule has 0 aliphatic carbocycles. The Balaban J connectivity index is 1.95. The molecular formula is C12H20N2O3. The van der Waals surface area contributed by atoms with Gasteiger partial charge in [0.25, 0.3) is 0 Å². The van der Waals surface area contributed by atoms with Gasteiger partial charge >= 0.3 is 5.97 Å². The first kappa shape index (κ1) is 12.4. The molecule has 96 valence electrons. The van der Waals surface area contributed by atoms with Crippen LogP contribution in [0, 0.1) is 5.92 Å². The Morgan fingerprint density at radius 2 is 2.12 bits per heavy atom. The molecule has 0 aromatic carbocycles. The third-order valence-electron chi connectivity index (χ3n) is 3.72. The molecule has 2 saturated heterocycles. The van der Waals surface area contributed by atoms with Crippen molar-refractivity contribution in [3.63, 3.8) is 0 Å². The number of nitrogens with one attached hydrogen (secondary N) is 1. The number of carbonyl (C=O) groups is 2. The normalized spacial score (nSPS) is 26.3. The van der Waals surface area contributed by atoms with E-state index in [4.69, 9.17) is 4.74 Å². The van der Waals surface area contributed by atoms with E-state index >= 15 is 0 Å². The van der Waals surface area contributed by atoms with E-state index in [0.29, 0.717) is 25.3 Å². The molecule has 2 fully saturated rings. The van der Waals surface area contributed by atoms with Crippen molar-refractivity contribution < 1.29 is 14.3 Å². The summed E-state index contributed by atoms with van der Waals surface area (Å²) in [6, 6.07) is -0.345. The number of hydrogen-bond donors (Lipinski definition) is 1. The summed E-state index contributed by atoms with van der Waals surface area (Å²) in [4.78, 5) is 25.1. The first-order chi connectivity index (χ1) is 8.22. The molecule has 1 N–H and O–H groups in total. The van der Waals surface area contributed by atoms with Gasteiger partial charge in [-0.3, -0.25) is 4.79 Å². The molecule has 2 heterocycles. The van der Waals surface area contributed by atoms with Crippen LogP contribution in [0.15, 0.2) is 0 Å². The Bertz CT molecular complexity index is 300. The molecule has 0 aromatic rings. The minimum Gasteiger partial charge on any atom is -0.467 e. The number of carbonyl (C=O) groups excluding carboxylic acids is 2. The summed E-state index contributed by atoms with van der Waals surface area (Å²) in [5.74, 6) is 0.342. The monoisotopic (exact) mass is 240 g/mol. The molecule has 0 saturated carbocycles. The number of methoxy groups -OCH3 is 1. The fraction of sp³-hybridized carbons (Fsp3) is 0.833. The number of nitrogens with zero attached hydrogens (tertiary/aromatic N) is 1. The SMILES string of the molecule is COC(=O)C1CCC(=O)N1CC1CCNCC1. The van der Waals surface area contributed by atoms with Crippen LogP contribution < -0.4 is 5.32 Å². The van der Waals surface area contributed by atoms with Crippen LogP contribution in [0.1, 0.15) is 25.7 Å². The van der Waals surface area contributed by atoms with E-state index in [1.54, 1.807) is 4.90 Å². The fourth-order valence-corrected chi connectivity index (χ4v) is 2.69. The van der Waals surface area contributed by atoms with Gasteiger partial charge in [-0.25, -0.2) is 4.79 Å². The van der Waals surface area contributed by atoms with Gasteiger partial charge in [-0.2, -0.15) is 0 Å². The van der Waals surface area contributed by atoms with Crippen LogP contribution in [0.2, 0.25) is 0 Å². The van der Waals surface area contributed by atoms with Crippen molar-refractivity contribution in [3.05, 3.63) is 0 Å². The Hall–Kier alpha value is -1.10. The van der Waals surface area contributed by atoms with Crippen LogP contribution in [-0.4, -0.2) is 49.6 Å². The van der Waals surface area contributed by atoms with Gasteiger partial charge in [0.2, 0.25) is 5.91 Å². The number of likely N-dealkylation sites (tertiary alicyclic amines) is 1. The largest absolute Gasteiger partial charge is 0.467 e. The molecule has 0 radical (unpaired) electrons.